The van der Waals surface area contributed by atoms with Gasteiger partial charge in [0.25, 0.3) is 11.5 Å². The van der Waals surface area contributed by atoms with E-state index in [0.29, 0.717) is 27.4 Å². The molecule has 1 heterocycles. The summed E-state index contributed by atoms with van der Waals surface area (Å²) in [6.07, 6.45) is 0. The van der Waals surface area contributed by atoms with Gasteiger partial charge in [-0.25, -0.2) is 4.79 Å². The maximum absolute atomic E-state index is 12.7. The zero-order chi connectivity index (χ0) is 19.4. The van der Waals surface area contributed by atoms with Crippen molar-refractivity contribution in [3.63, 3.8) is 0 Å². The largest absolute Gasteiger partial charge is 0.493 e. The lowest BCUT2D eigenvalue weighted by Crippen LogP contribution is -2.22. The van der Waals surface area contributed by atoms with Crippen molar-refractivity contribution in [3.8, 4) is 5.75 Å². The Morgan fingerprint density at radius 1 is 1.15 bits per heavy atom. The van der Waals surface area contributed by atoms with E-state index >= 15 is 0 Å². The van der Waals surface area contributed by atoms with Crippen LogP contribution in [0.3, 0.4) is 0 Å². The number of anilines is 1. The van der Waals surface area contributed by atoms with Gasteiger partial charge in [-0.3, -0.25) is 4.79 Å². The SMILES string of the molecule is COc1cccc2cc(C(=O)Nc3ccc(Cl)cc3)c(=NOC(C)=O)oc12. The quantitative estimate of drug-likeness (QED) is 0.545. The number of hydrogen-bond acceptors (Lipinski definition) is 6. The Bertz CT molecular complexity index is 1070. The summed E-state index contributed by atoms with van der Waals surface area (Å²) in [6, 6.07) is 13.4. The number of benzene rings is 2. The summed E-state index contributed by atoms with van der Waals surface area (Å²) in [6.45, 7) is 1.19. The van der Waals surface area contributed by atoms with Crippen LogP contribution in [-0.4, -0.2) is 19.0 Å². The average molecular weight is 387 g/mol. The molecule has 0 radical (unpaired) electrons. The molecule has 0 spiro atoms. The van der Waals surface area contributed by atoms with Crippen molar-refractivity contribution >= 4 is 40.1 Å². The Morgan fingerprint density at radius 2 is 1.89 bits per heavy atom. The molecule has 0 unspecified atom stereocenters. The second-order valence-corrected chi connectivity index (χ2v) is 5.92. The summed E-state index contributed by atoms with van der Waals surface area (Å²) in [5, 5.41) is 7.54. The number of halogens is 1. The molecular formula is C19H15ClN2O5. The number of carbonyl (C=O) groups is 2. The predicted molar refractivity (Wildman–Crippen MR) is 99.5 cm³/mol. The molecule has 27 heavy (non-hydrogen) atoms. The number of nitrogens with one attached hydrogen (secondary N) is 1. The highest BCUT2D eigenvalue weighted by Gasteiger charge is 2.15. The van der Waals surface area contributed by atoms with Gasteiger partial charge in [0.2, 0.25) is 0 Å². The molecule has 3 rings (SSSR count). The maximum Gasteiger partial charge on any atom is 0.332 e. The van der Waals surface area contributed by atoms with Crippen molar-refractivity contribution in [2.75, 3.05) is 12.4 Å². The first-order chi connectivity index (χ1) is 13.0. The monoisotopic (exact) mass is 386 g/mol. The summed E-state index contributed by atoms with van der Waals surface area (Å²) in [7, 11) is 1.49. The minimum absolute atomic E-state index is 0.0898. The molecule has 0 bridgehead atoms. The first kappa shape index (κ1) is 18.5. The number of amides is 1. The number of hydrogen-bond donors (Lipinski definition) is 1. The fourth-order valence-corrected chi connectivity index (χ4v) is 2.48. The van der Waals surface area contributed by atoms with Gasteiger partial charge in [-0.2, -0.15) is 0 Å². The number of carbonyl (C=O) groups excluding carboxylic acids is 2. The lowest BCUT2D eigenvalue weighted by molar-refractivity contribution is -0.141. The molecule has 0 aliphatic rings. The molecule has 0 saturated carbocycles. The van der Waals surface area contributed by atoms with Crippen LogP contribution in [0.4, 0.5) is 5.69 Å². The van der Waals surface area contributed by atoms with Gasteiger partial charge in [-0.05, 0) is 41.6 Å². The van der Waals surface area contributed by atoms with E-state index in [4.69, 9.17) is 20.8 Å². The standard InChI is InChI=1S/C19H15ClN2O5/c1-11(23)27-22-19-15(18(24)21-14-8-6-13(20)7-9-14)10-12-4-3-5-16(25-2)17(12)26-19/h3-10H,1-2H3,(H,21,24). The molecule has 7 nitrogen and oxygen atoms in total. The number of methoxy groups -OCH3 is 1. The second kappa shape index (κ2) is 7.92. The minimum Gasteiger partial charge on any atom is -0.493 e. The van der Waals surface area contributed by atoms with Crippen LogP contribution in [0.15, 0.2) is 58.1 Å². The zero-order valence-electron chi connectivity index (χ0n) is 14.5. The van der Waals surface area contributed by atoms with Gasteiger partial charge in [-0.1, -0.05) is 23.7 Å². The Balaban J connectivity index is 2.10. The zero-order valence-corrected chi connectivity index (χ0v) is 15.2. The molecule has 1 amide bonds. The van der Waals surface area contributed by atoms with Gasteiger partial charge < -0.3 is 19.3 Å². The van der Waals surface area contributed by atoms with E-state index in [0.717, 1.165) is 0 Å². The van der Waals surface area contributed by atoms with Crippen LogP contribution in [0.2, 0.25) is 5.02 Å². The van der Waals surface area contributed by atoms with Crippen LogP contribution in [0.25, 0.3) is 11.0 Å². The van der Waals surface area contributed by atoms with Gasteiger partial charge >= 0.3 is 5.97 Å². The van der Waals surface area contributed by atoms with Crippen molar-refractivity contribution in [3.05, 3.63) is 64.7 Å². The molecule has 8 heteroatoms. The fraction of sp³-hybridized carbons (Fsp3) is 0.105. The second-order valence-electron chi connectivity index (χ2n) is 5.48. The van der Waals surface area contributed by atoms with Crippen LogP contribution in [0.1, 0.15) is 17.3 Å². The molecule has 0 fully saturated rings. The molecule has 2 aromatic carbocycles. The van der Waals surface area contributed by atoms with Crippen LogP contribution >= 0.6 is 11.6 Å². The van der Waals surface area contributed by atoms with Gasteiger partial charge in [0.1, 0.15) is 5.56 Å². The van der Waals surface area contributed by atoms with E-state index < -0.39 is 11.9 Å². The third kappa shape index (κ3) is 4.27. The van der Waals surface area contributed by atoms with E-state index in [-0.39, 0.29) is 11.1 Å². The van der Waals surface area contributed by atoms with E-state index in [2.05, 4.69) is 15.3 Å². The molecule has 0 saturated heterocycles. The molecule has 3 aromatic rings. The summed E-state index contributed by atoms with van der Waals surface area (Å²) in [5.74, 6) is -0.678. The summed E-state index contributed by atoms with van der Waals surface area (Å²) in [4.78, 5) is 28.5. The third-order valence-corrected chi connectivity index (χ3v) is 3.81. The first-order valence-electron chi connectivity index (χ1n) is 7.87. The predicted octanol–water partition coefficient (Wildman–Crippen LogP) is 3.73. The first-order valence-corrected chi connectivity index (χ1v) is 8.25. The van der Waals surface area contributed by atoms with Crippen LogP contribution in [-0.2, 0) is 9.63 Å². The van der Waals surface area contributed by atoms with Crippen LogP contribution in [0.5, 0.6) is 5.75 Å². The van der Waals surface area contributed by atoms with Gasteiger partial charge in [0.15, 0.2) is 11.3 Å². The van der Waals surface area contributed by atoms with Crippen molar-refractivity contribution < 1.29 is 23.6 Å². The topological polar surface area (TPSA) is 90.1 Å². The molecule has 0 aliphatic heterocycles. The van der Waals surface area contributed by atoms with Gasteiger partial charge in [-0.15, -0.1) is 0 Å². The van der Waals surface area contributed by atoms with E-state index in [1.807, 2.05) is 0 Å². The smallest absolute Gasteiger partial charge is 0.332 e. The Hall–Kier alpha value is -3.32. The maximum atomic E-state index is 12.7. The van der Waals surface area contributed by atoms with E-state index in [1.54, 1.807) is 48.5 Å². The molecule has 138 valence electrons. The Morgan fingerprint density at radius 3 is 2.56 bits per heavy atom. The van der Waals surface area contributed by atoms with Crippen molar-refractivity contribution in [1.29, 1.82) is 0 Å². The highest BCUT2D eigenvalue weighted by atomic mass is 35.5. The molecular weight excluding hydrogens is 372 g/mol. The van der Waals surface area contributed by atoms with Crippen LogP contribution in [0, 0.1) is 0 Å². The summed E-state index contributed by atoms with van der Waals surface area (Å²) in [5.41, 5.74) is 0.836. The van der Waals surface area contributed by atoms with E-state index in [1.165, 1.54) is 14.0 Å². The number of nitrogens with zero attached hydrogens (tertiary/aromatic N) is 1. The van der Waals surface area contributed by atoms with E-state index in [9.17, 15) is 9.59 Å². The lowest BCUT2D eigenvalue weighted by Gasteiger charge is -2.08. The number of fused-ring (bicyclic) bond motifs is 1. The number of para-hydroxylation sites is 1. The fourth-order valence-electron chi connectivity index (χ4n) is 2.35. The summed E-state index contributed by atoms with van der Waals surface area (Å²) >= 11 is 5.85. The van der Waals surface area contributed by atoms with Crippen molar-refractivity contribution in [2.45, 2.75) is 6.92 Å². The number of ether oxygens (including phenoxy) is 1. The average Bonchev–Trinajstić information content (AvgIpc) is 2.66. The summed E-state index contributed by atoms with van der Waals surface area (Å²) < 4.78 is 11.0. The highest BCUT2D eigenvalue weighted by Crippen LogP contribution is 2.25. The molecule has 1 N–H and O–H groups in total. The van der Waals surface area contributed by atoms with Crippen LogP contribution < -0.4 is 15.6 Å². The molecule has 0 atom stereocenters. The van der Waals surface area contributed by atoms with Crippen molar-refractivity contribution in [2.24, 2.45) is 5.16 Å². The minimum atomic E-state index is -0.644. The van der Waals surface area contributed by atoms with Crippen molar-refractivity contribution in [1.82, 2.24) is 0 Å². The Labute approximate surface area is 159 Å². The third-order valence-electron chi connectivity index (χ3n) is 3.56. The molecule has 0 aliphatic carbocycles. The Kier molecular flexibility index (Phi) is 5.42. The number of rotatable bonds is 4. The van der Waals surface area contributed by atoms with Gasteiger partial charge in [0, 0.05) is 23.0 Å². The lowest BCUT2D eigenvalue weighted by atomic mass is 10.1. The highest BCUT2D eigenvalue weighted by molar-refractivity contribution is 6.30. The molecule has 1 aromatic heterocycles. The van der Waals surface area contributed by atoms with Gasteiger partial charge in [0.05, 0.1) is 7.11 Å². The normalized spacial score (nSPS) is 11.3.